The number of benzene rings is 2. The van der Waals surface area contributed by atoms with Crippen molar-refractivity contribution >= 4 is 17.3 Å². The van der Waals surface area contributed by atoms with Crippen LogP contribution >= 0.6 is 0 Å². The lowest BCUT2D eigenvalue weighted by Gasteiger charge is -2.17. The highest BCUT2D eigenvalue weighted by atomic mass is 16.1. The maximum atomic E-state index is 12.2. The van der Waals surface area contributed by atoms with Gasteiger partial charge < -0.3 is 10.2 Å². The maximum Gasteiger partial charge on any atom is 0.255 e. The quantitative estimate of drug-likeness (QED) is 0.911. The van der Waals surface area contributed by atoms with E-state index in [9.17, 15) is 4.79 Å². The number of hydrogen-bond donors (Lipinski definition) is 1. The van der Waals surface area contributed by atoms with E-state index in [-0.39, 0.29) is 5.91 Å². The van der Waals surface area contributed by atoms with Gasteiger partial charge in [-0.05, 0) is 31.2 Å². The molecular weight excluding hydrogens is 236 g/mol. The van der Waals surface area contributed by atoms with Crippen LogP contribution in [0.5, 0.6) is 0 Å². The van der Waals surface area contributed by atoms with Crippen LogP contribution in [-0.4, -0.2) is 20.0 Å². The number of carbonyl (C=O) groups excluding carboxylic acids is 1. The standard InChI is InChI=1S/C16H18N2O/c1-12-7-6-8-13(11-12)16(19)17-14-9-4-5-10-15(14)18(2)3/h4-11H,1-3H3,(H,17,19). The summed E-state index contributed by atoms with van der Waals surface area (Å²) >= 11 is 0. The van der Waals surface area contributed by atoms with Crippen LogP contribution in [-0.2, 0) is 0 Å². The van der Waals surface area contributed by atoms with Crippen LogP contribution < -0.4 is 10.2 Å². The Labute approximate surface area is 113 Å². The molecular formula is C16H18N2O. The van der Waals surface area contributed by atoms with Crippen molar-refractivity contribution in [3.8, 4) is 0 Å². The third-order valence-electron chi connectivity index (χ3n) is 2.91. The molecule has 19 heavy (non-hydrogen) atoms. The van der Waals surface area contributed by atoms with E-state index in [1.807, 2.05) is 74.4 Å². The van der Waals surface area contributed by atoms with Gasteiger partial charge in [-0.2, -0.15) is 0 Å². The normalized spacial score (nSPS) is 10.1. The van der Waals surface area contributed by atoms with Crippen molar-refractivity contribution in [1.29, 1.82) is 0 Å². The van der Waals surface area contributed by atoms with Gasteiger partial charge >= 0.3 is 0 Å². The van der Waals surface area contributed by atoms with E-state index in [1.54, 1.807) is 0 Å². The molecule has 0 aromatic heterocycles. The van der Waals surface area contributed by atoms with Gasteiger partial charge in [0, 0.05) is 19.7 Å². The minimum atomic E-state index is -0.0852. The number of aryl methyl sites for hydroxylation is 1. The van der Waals surface area contributed by atoms with Crippen molar-refractivity contribution in [2.24, 2.45) is 0 Å². The average molecular weight is 254 g/mol. The summed E-state index contributed by atoms with van der Waals surface area (Å²) in [7, 11) is 3.91. The van der Waals surface area contributed by atoms with Crippen molar-refractivity contribution in [2.75, 3.05) is 24.3 Å². The summed E-state index contributed by atoms with van der Waals surface area (Å²) < 4.78 is 0. The summed E-state index contributed by atoms with van der Waals surface area (Å²) in [5.74, 6) is -0.0852. The zero-order valence-electron chi connectivity index (χ0n) is 11.5. The lowest BCUT2D eigenvalue weighted by Crippen LogP contribution is -2.16. The third-order valence-corrected chi connectivity index (χ3v) is 2.91. The van der Waals surface area contributed by atoms with E-state index in [4.69, 9.17) is 0 Å². The molecule has 0 saturated carbocycles. The molecule has 1 N–H and O–H groups in total. The van der Waals surface area contributed by atoms with Gasteiger partial charge in [0.2, 0.25) is 0 Å². The van der Waals surface area contributed by atoms with Gasteiger partial charge in [-0.1, -0.05) is 29.8 Å². The molecule has 0 atom stereocenters. The number of carbonyl (C=O) groups is 1. The Morgan fingerprint density at radius 1 is 1.05 bits per heavy atom. The zero-order valence-corrected chi connectivity index (χ0v) is 11.5. The van der Waals surface area contributed by atoms with Crippen molar-refractivity contribution in [2.45, 2.75) is 6.92 Å². The molecule has 0 spiro atoms. The smallest absolute Gasteiger partial charge is 0.255 e. The molecule has 0 radical (unpaired) electrons. The first kappa shape index (κ1) is 13.1. The van der Waals surface area contributed by atoms with Crippen LogP contribution in [0.25, 0.3) is 0 Å². The van der Waals surface area contributed by atoms with Gasteiger partial charge in [0.25, 0.3) is 5.91 Å². The summed E-state index contributed by atoms with van der Waals surface area (Å²) in [6.45, 7) is 1.98. The summed E-state index contributed by atoms with van der Waals surface area (Å²) in [5, 5.41) is 2.95. The molecule has 0 bridgehead atoms. The predicted molar refractivity (Wildman–Crippen MR) is 79.9 cm³/mol. The predicted octanol–water partition coefficient (Wildman–Crippen LogP) is 3.31. The Hall–Kier alpha value is -2.29. The first-order valence-electron chi connectivity index (χ1n) is 6.22. The molecule has 2 rings (SSSR count). The largest absolute Gasteiger partial charge is 0.376 e. The van der Waals surface area contributed by atoms with Crippen LogP contribution in [0.15, 0.2) is 48.5 Å². The van der Waals surface area contributed by atoms with Gasteiger partial charge in [0.05, 0.1) is 11.4 Å². The van der Waals surface area contributed by atoms with E-state index in [0.717, 1.165) is 16.9 Å². The minimum absolute atomic E-state index is 0.0852. The molecule has 1 amide bonds. The van der Waals surface area contributed by atoms with Crippen LogP contribution in [0, 0.1) is 6.92 Å². The second kappa shape index (κ2) is 5.57. The van der Waals surface area contributed by atoms with Gasteiger partial charge in [0.15, 0.2) is 0 Å². The Morgan fingerprint density at radius 3 is 2.47 bits per heavy atom. The van der Waals surface area contributed by atoms with Gasteiger partial charge in [-0.15, -0.1) is 0 Å². The molecule has 0 fully saturated rings. The number of rotatable bonds is 3. The molecule has 0 unspecified atom stereocenters. The number of amides is 1. The van der Waals surface area contributed by atoms with Crippen LogP contribution in [0.4, 0.5) is 11.4 Å². The Bertz CT molecular complexity index is 591. The van der Waals surface area contributed by atoms with E-state index in [0.29, 0.717) is 5.56 Å². The fraction of sp³-hybridized carbons (Fsp3) is 0.188. The van der Waals surface area contributed by atoms with E-state index >= 15 is 0 Å². The second-order valence-electron chi connectivity index (χ2n) is 4.74. The molecule has 2 aromatic rings. The van der Waals surface area contributed by atoms with Crippen molar-refractivity contribution in [1.82, 2.24) is 0 Å². The van der Waals surface area contributed by atoms with Crippen LogP contribution in [0.2, 0.25) is 0 Å². The lowest BCUT2D eigenvalue weighted by atomic mass is 10.1. The zero-order chi connectivity index (χ0) is 13.8. The summed E-state index contributed by atoms with van der Waals surface area (Å²) in [5.41, 5.74) is 3.56. The highest BCUT2D eigenvalue weighted by molar-refractivity contribution is 6.06. The molecule has 3 heteroatoms. The lowest BCUT2D eigenvalue weighted by molar-refractivity contribution is 0.102. The summed E-state index contributed by atoms with van der Waals surface area (Å²) in [6.07, 6.45) is 0. The van der Waals surface area contributed by atoms with Crippen LogP contribution in [0.3, 0.4) is 0 Å². The van der Waals surface area contributed by atoms with E-state index < -0.39 is 0 Å². The Balaban J connectivity index is 2.24. The fourth-order valence-electron chi connectivity index (χ4n) is 1.95. The number of para-hydroxylation sites is 2. The molecule has 3 nitrogen and oxygen atoms in total. The highest BCUT2D eigenvalue weighted by Crippen LogP contribution is 2.24. The van der Waals surface area contributed by atoms with Gasteiger partial charge in [-0.3, -0.25) is 4.79 Å². The molecule has 0 aliphatic rings. The maximum absolute atomic E-state index is 12.2. The monoisotopic (exact) mass is 254 g/mol. The van der Waals surface area contributed by atoms with Gasteiger partial charge in [-0.25, -0.2) is 0 Å². The van der Waals surface area contributed by atoms with Crippen LogP contribution in [0.1, 0.15) is 15.9 Å². The topological polar surface area (TPSA) is 32.3 Å². The van der Waals surface area contributed by atoms with E-state index in [1.165, 1.54) is 0 Å². The van der Waals surface area contributed by atoms with Crippen molar-refractivity contribution in [3.63, 3.8) is 0 Å². The molecule has 0 aliphatic carbocycles. The molecule has 0 saturated heterocycles. The molecule has 0 heterocycles. The Kier molecular flexibility index (Phi) is 3.85. The number of hydrogen-bond acceptors (Lipinski definition) is 2. The summed E-state index contributed by atoms with van der Waals surface area (Å²) in [6, 6.07) is 15.3. The number of nitrogens with one attached hydrogen (secondary N) is 1. The van der Waals surface area contributed by atoms with Crippen molar-refractivity contribution in [3.05, 3.63) is 59.7 Å². The SMILES string of the molecule is Cc1cccc(C(=O)Nc2ccccc2N(C)C)c1. The Morgan fingerprint density at radius 2 is 1.79 bits per heavy atom. The van der Waals surface area contributed by atoms with Crippen molar-refractivity contribution < 1.29 is 4.79 Å². The summed E-state index contributed by atoms with van der Waals surface area (Å²) in [4.78, 5) is 14.2. The van der Waals surface area contributed by atoms with E-state index in [2.05, 4.69) is 5.32 Å². The first-order chi connectivity index (χ1) is 9.08. The molecule has 0 aliphatic heterocycles. The number of nitrogens with zero attached hydrogens (tertiary/aromatic N) is 1. The fourth-order valence-corrected chi connectivity index (χ4v) is 1.95. The highest BCUT2D eigenvalue weighted by Gasteiger charge is 2.09. The second-order valence-corrected chi connectivity index (χ2v) is 4.74. The number of anilines is 2. The third kappa shape index (κ3) is 3.13. The minimum Gasteiger partial charge on any atom is -0.376 e. The first-order valence-corrected chi connectivity index (χ1v) is 6.22. The van der Waals surface area contributed by atoms with Gasteiger partial charge in [0.1, 0.15) is 0 Å². The molecule has 98 valence electrons. The molecule has 2 aromatic carbocycles. The average Bonchev–Trinajstić information content (AvgIpc) is 2.39.